The van der Waals surface area contributed by atoms with Gasteiger partial charge in [-0.05, 0) is 51.4 Å². The fourth-order valence-electron chi connectivity index (χ4n) is 3.52. The van der Waals surface area contributed by atoms with Crippen molar-refractivity contribution in [3.63, 3.8) is 0 Å². The highest BCUT2D eigenvalue weighted by molar-refractivity contribution is 5.70. The van der Waals surface area contributed by atoms with Gasteiger partial charge in [-0.3, -0.25) is 9.59 Å². The number of carbonyl (C=O) groups excluding carboxylic acids is 2. The lowest BCUT2D eigenvalue weighted by atomic mass is 10.0. The zero-order valence-corrected chi connectivity index (χ0v) is 23.6. The van der Waals surface area contributed by atoms with E-state index in [-0.39, 0.29) is 25.9 Å². The van der Waals surface area contributed by atoms with Gasteiger partial charge in [-0.25, -0.2) is 0 Å². The van der Waals surface area contributed by atoms with Crippen LogP contribution in [0.15, 0.2) is 48.6 Å². The van der Waals surface area contributed by atoms with E-state index in [0.29, 0.717) is 12.8 Å². The van der Waals surface area contributed by atoms with Gasteiger partial charge in [-0.1, -0.05) is 88.1 Å². The highest BCUT2D eigenvalue weighted by Crippen LogP contribution is 2.11. The number of hydrogen-bond donors (Lipinski definition) is 3. The Morgan fingerprint density at radius 3 is 1.89 bits per heavy atom. The lowest BCUT2D eigenvalue weighted by Gasteiger charge is -2.17. The predicted molar refractivity (Wildman–Crippen MR) is 152 cm³/mol. The zero-order valence-electron chi connectivity index (χ0n) is 23.6. The fraction of sp³-hybridized carbons (Fsp3) is 0.677. The number of rotatable bonds is 24. The number of unbranched alkanes of at least 4 members (excludes halogenated alkanes) is 4. The Kier molecular flexibility index (Phi) is 24.8. The van der Waals surface area contributed by atoms with Crippen LogP contribution >= 0.6 is 0 Å². The Morgan fingerprint density at radius 1 is 0.711 bits per heavy atom. The smallest absolute Gasteiger partial charge is 0.306 e. The van der Waals surface area contributed by atoms with Crippen LogP contribution in [0.25, 0.3) is 0 Å². The van der Waals surface area contributed by atoms with Crippen molar-refractivity contribution in [3.05, 3.63) is 48.6 Å². The van der Waals surface area contributed by atoms with E-state index in [1.807, 2.05) is 12.2 Å². The topological polar surface area (TPSA) is 113 Å². The van der Waals surface area contributed by atoms with Crippen molar-refractivity contribution >= 4 is 11.9 Å². The summed E-state index contributed by atoms with van der Waals surface area (Å²) >= 11 is 0. The first-order chi connectivity index (χ1) is 18.4. The molecule has 0 amide bonds. The van der Waals surface area contributed by atoms with E-state index in [4.69, 9.17) is 9.47 Å². The van der Waals surface area contributed by atoms with E-state index in [9.17, 15) is 24.9 Å². The summed E-state index contributed by atoms with van der Waals surface area (Å²) in [5, 5.41) is 29.6. The SMILES string of the molecule is CC/C=C\C/C=C\C/C=C\C/C=C\C[C@H](O)[C@@H](O)CCCC(=O)OC[C@H](CO)OC(=O)CCCCCCC. The fourth-order valence-corrected chi connectivity index (χ4v) is 3.52. The van der Waals surface area contributed by atoms with Crippen LogP contribution in [0, 0.1) is 0 Å². The maximum atomic E-state index is 12.0. The van der Waals surface area contributed by atoms with Crippen LogP contribution in [0.3, 0.4) is 0 Å². The van der Waals surface area contributed by atoms with Crippen molar-refractivity contribution in [2.24, 2.45) is 0 Å². The maximum absolute atomic E-state index is 12.0. The molecule has 0 heterocycles. The number of allylic oxidation sites excluding steroid dienone is 7. The zero-order chi connectivity index (χ0) is 28.3. The van der Waals surface area contributed by atoms with Crippen LogP contribution in [-0.2, 0) is 19.1 Å². The Hall–Kier alpha value is -2.22. The Balaban J connectivity index is 3.95. The number of ether oxygens (including phenoxy) is 2. The summed E-state index contributed by atoms with van der Waals surface area (Å²) in [6.45, 7) is 3.62. The second-order valence-corrected chi connectivity index (χ2v) is 9.41. The lowest BCUT2D eigenvalue weighted by Crippen LogP contribution is -2.28. The van der Waals surface area contributed by atoms with Gasteiger partial charge in [0.2, 0.25) is 0 Å². The van der Waals surface area contributed by atoms with Gasteiger partial charge in [0.25, 0.3) is 0 Å². The third-order valence-electron chi connectivity index (χ3n) is 5.84. The first-order valence-electron chi connectivity index (χ1n) is 14.4. The molecule has 0 fully saturated rings. The standard InChI is InChI=1S/C31H52O7/c1-3-5-7-9-10-11-12-13-14-15-17-18-21-28(33)29(34)22-20-24-30(35)37-26-27(25-32)38-31(36)23-19-16-8-6-4-2/h5,7,10-11,13-14,17-18,27-29,32-34H,3-4,6,8-9,12,15-16,19-26H2,1-2H3/b7-5-,11-10-,14-13-,18-17-/t27-,28-,29-/m0/s1. The summed E-state index contributed by atoms with van der Waals surface area (Å²) in [6.07, 6.45) is 23.9. The van der Waals surface area contributed by atoms with Crippen molar-refractivity contribution in [2.45, 2.75) is 122 Å². The average Bonchev–Trinajstić information content (AvgIpc) is 2.91. The summed E-state index contributed by atoms with van der Waals surface area (Å²) in [6, 6.07) is 0. The van der Waals surface area contributed by atoms with E-state index in [0.717, 1.165) is 57.8 Å². The van der Waals surface area contributed by atoms with Crippen molar-refractivity contribution in [1.82, 2.24) is 0 Å². The normalized spacial score (nSPS) is 14.6. The lowest BCUT2D eigenvalue weighted by molar-refractivity contribution is -0.161. The second-order valence-electron chi connectivity index (χ2n) is 9.41. The van der Waals surface area contributed by atoms with E-state index in [1.165, 1.54) is 0 Å². The third-order valence-corrected chi connectivity index (χ3v) is 5.84. The predicted octanol–water partition coefficient (Wildman–Crippen LogP) is 5.88. The van der Waals surface area contributed by atoms with E-state index in [1.54, 1.807) is 0 Å². The van der Waals surface area contributed by atoms with Crippen molar-refractivity contribution in [2.75, 3.05) is 13.2 Å². The minimum atomic E-state index is -0.932. The molecule has 0 rings (SSSR count). The first-order valence-corrected chi connectivity index (χ1v) is 14.4. The molecule has 7 heteroatoms. The third kappa shape index (κ3) is 22.9. The highest BCUT2D eigenvalue weighted by Gasteiger charge is 2.18. The van der Waals surface area contributed by atoms with E-state index >= 15 is 0 Å². The second kappa shape index (κ2) is 26.4. The van der Waals surface area contributed by atoms with Crippen molar-refractivity contribution < 1.29 is 34.4 Å². The molecule has 7 nitrogen and oxygen atoms in total. The number of aliphatic hydroxyl groups excluding tert-OH is 3. The molecule has 0 aliphatic carbocycles. The van der Waals surface area contributed by atoms with Gasteiger partial charge in [0.15, 0.2) is 6.10 Å². The molecule has 0 spiro atoms. The number of carbonyl (C=O) groups is 2. The highest BCUT2D eigenvalue weighted by atomic mass is 16.6. The van der Waals surface area contributed by atoms with Gasteiger partial charge in [0.05, 0.1) is 18.8 Å². The molecular weight excluding hydrogens is 484 g/mol. The number of hydrogen-bond acceptors (Lipinski definition) is 7. The minimum Gasteiger partial charge on any atom is -0.462 e. The molecule has 218 valence electrons. The minimum absolute atomic E-state index is 0.0667. The van der Waals surface area contributed by atoms with Gasteiger partial charge in [0, 0.05) is 12.8 Å². The Labute approximate surface area is 230 Å². The molecule has 0 saturated heterocycles. The van der Waals surface area contributed by atoms with Gasteiger partial charge >= 0.3 is 11.9 Å². The van der Waals surface area contributed by atoms with Crippen LogP contribution in [-0.4, -0.2) is 58.8 Å². The number of esters is 2. The quantitative estimate of drug-likeness (QED) is 0.0802. The molecule has 0 saturated carbocycles. The summed E-state index contributed by atoms with van der Waals surface area (Å²) in [7, 11) is 0. The summed E-state index contributed by atoms with van der Waals surface area (Å²) in [4.78, 5) is 23.8. The van der Waals surface area contributed by atoms with Crippen LogP contribution in [0.5, 0.6) is 0 Å². The summed E-state index contributed by atoms with van der Waals surface area (Å²) in [5.74, 6) is -0.901. The molecule has 0 bridgehead atoms. The Morgan fingerprint density at radius 2 is 1.29 bits per heavy atom. The van der Waals surface area contributed by atoms with Crippen LogP contribution in [0.2, 0.25) is 0 Å². The molecule has 38 heavy (non-hydrogen) atoms. The average molecular weight is 537 g/mol. The van der Waals surface area contributed by atoms with Gasteiger partial charge in [-0.2, -0.15) is 0 Å². The van der Waals surface area contributed by atoms with Crippen molar-refractivity contribution in [3.8, 4) is 0 Å². The number of aliphatic hydroxyl groups is 3. The molecule has 0 aromatic rings. The summed E-state index contributed by atoms with van der Waals surface area (Å²) in [5.41, 5.74) is 0. The molecular formula is C31H52O7. The van der Waals surface area contributed by atoms with E-state index in [2.05, 4.69) is 50.3 Å². The molecule has 0 aromatic carbocycles. The molecule has 0 aromatic heterocycles. The monoisotopic (exact) mass is 536 g/mol. The Bertz CT molecular complexity index is 696. The van der Waals surface area contributed by atoms with Crippen LogP contribution in [0.1, 0.15) is 104 Å². The first kappa shape index (κ1) is 35.8. The van der Waals surface area contributed by atoms with Crippen molar-refractivity contribution in [1.29, 1.82) is 0 Å². The van der Waals surface area contributed by atoms with Gasteiger partial charge < -0.3 is 24.8 Å². The molecule has 3 N–H and O–H groups in total. The molecule has 0 aliphatic rings. The maximum Gasteiger partial charge on any atom is 0.306 e. The molecule has 0 aliphatic heterocycles. The molecule has 0 radical (unpaired) electrons. The van der Waals surface area contributed by atoms with E-state index < -0.39 is 36.9 Å². The van der Waals surface area contributed by atoms with Gasteiger partial charge in [-0.15, -0.1) is 0 Å². The largest absolute Gasteiger partial charge is 0.462 e. The molecule has 0 unspecified atom stereocenters. The summed E-state index contributed by atoms with van der Waals surface area (Å²) < 4.78 is 10.3. The van der Waals surface area contributed by atoms with Crippen LogP contribution < -0.4 is 0 Å². The molecule has 3 atom stereocenters. The van der Waals surface area contributed by atoms with Gasteiger partial charge in [0.1, 0.15) is 6.61 Å². The van der Waals surface area contributed by atoms with Crippen LogP contribution in [0.4, 0.5) is 0 Å².